The van der Waals surface area contributed by atoms with Crippen LogP contribution in [0.3, 0.4) is 0 Å². The Hall–Kier alpha value is -1.56. The van der Waals surface area contributed by atoms with Crippen molar-refractivity contribution in [1.82, 2.24) is 0 Å². The Morgan fingerprint density at radius 2 is 1.84 bits per heavy atom. The fourth-order valence-corrected chi connectivity index (χ4v) is 3.03. The van der Waals surface area contributed by atoms with Crippen molar-refractivity contribution in [2.24, 2.45) is 11.8 Å². The SMILES string of the molecule is C[C@@H]1CN(c2ccc(S(C)(=O)=O)cc2)C[C@H]1C(=O)O. The molecule has 1 saturated heterocycles. The Balaban J connectivity index is 2.19. The van der Waals surface area contributed by atoms with Crippen LogP contribution in [0.25, 0.3) is 0 Å². The lowest BCUT2D eigenvalue weighted by atomic mass is 9.99. The maximum absolute atomic E-state index is 11.4. The highest BCUT2D eigenvalue weighted by atomic mass is 32.2. The van der Waals surface area contributed by atoms with Crippen LogP contribution in [0.2, 0.25) is 0 Å². The van der Waals surface area contributed by atoms with Crippen LogP contribution in [0.5, 0.6) is 0 Å². The van der Waals surface area contributed by atoms with E-state index in [1.165, 1.54) is 6.26 Å². The van der Waals surface area contributed by atoms with Crippen LogP contribution in [0.15, 0.2) is 29.2 Å². The van der Waals surface area contributed by atoms with Gasteiger partial charge < -0.3 is 10.0 Å². The van der Waals surface area contributed by atoms with Crippen LogP contribution in [-0.2, 0) is 14.6 Å². The third-order valence-electron chi connectivity index (χ3n) is 3.56. The summed E-state index contributed by atoms with van der Waals surface area (Å²) < 4.78 is 22.7. The van der Waals surface area contributed by atoms with Crippen molar-refractivity contribution in [3.63, 3.8) is 0 Å². The predicted octanol–water partition coefficient (Wildman–Crippen LogP) is 1.25. The highest BCUT2D eigenvalue weighted by Crippen LogP contribution is 2.28. The van der Waals surface area contributed by atoms with Gasteiger partial charge in [0.25, 0.3) is 0 Å². The largest absolute Gasteiger partial charge is 0.481 e. The average Bonchev–Trinajstić information content (AvgIpc) is 2.70. The molecule has 0 radical (unpaired) electrons. The molecule has 0 amide bonds. The first kappa shape index (κ1) is 13.9. The lowest BCUT2D eigenvalue weighted by Gasteiger charge is -2.18. The molecule has 0 spiro atoms. The van der Waals surface area contributed by atoms with E-state index in [-0.39, 0.29) is 16.7 Å². The van der Waals surface area contributed by atoms with Crippen LogP contribution in [0.1, 0.15) is 6.92 Å². The van der Waals surface area contributed by atoms with E-state index in [1.807, 2.05) is 11.8 Å². The van der Waals surface area contributed by atoms with Gasteiger partial charge in [-0.25, -0.2) is 8.42 Å². The molecule has 1 heterocycles. The Kier molecular flexibility index (Phi) is 3.54. The van der Waals surface area contributed by atoms with Crippen LogP contribution < -0.4 is 4.90 Å². The predicted molar refractivity (Wildman–Crippen MR) is 72.1 cm³/mol. The third kappa shape index (κ3) is 2.89. The molecule has 6 heteroatoms. The first-order chi connectivity index (χ1) is 8.79. The van der Waals surface area contributed by atoms with Crippen molar-refractivity contribution >= 4 is 21.5 Å². The standard InChI is InChI=1S/C13H17NO4S/c1-9-7-14(8-12(9)13(15)16)10-3-5-11(6-4-10)19(2,17)18/h3-6,9,12H,7-8H2,1-2H3,(H,15,16)/t9-,12-/m1/s1. The Morgan fingerprint density at radius 3 is 2.26 bits per heavy atom. The van der Waals surface area contributed by atoms with E-state index < -0.39 is 15.8 Å². The summed E-state index contributed by atoms with van der Waals surface area (Å²) in [7, 11) is -3.19. The molecule has 5 nitrogen and oxygen atoms in total. The molecule has 1 aromatic carbocycles. The molecule has 1 aliphatic rings. The number of aliphatic carboxylic acids is 1. The van der Waals surface area contributed by atoms with Gasteiger partial charge in [0.05, 0.1) is 10.8 Å². The van der Waals surface area contributed by atoms with Gasteiger partial charge in [-0.1, -0.05) is 6.92 Å². The number of rotatable bonds is 3. The molecule has 1 aromatic rings. The Morgan fingerprint density at radius 1 is 1.26 bits per heavy atom. The second-order valence-electron chi connectivity index (χ2n) is 5.09. The molecule has 104 valence electrons. The second kappa shape index (κ2) is 4.85. The molecule has 1 N–H and O–H groups in total. The van der Waals surface area contributed by atoms with E-state index in [4.69, 9.17) is 5.11 Å². The Labute approximate surface area is 112 Å². The normalized spacial score (nSPS) is 23.6. The number of carbonyl (C=O) groups is 1. The van der Waals surface area contributed by atoms with E-state index in [1.54, 1.807) is 24.3 Å². The minimum atomic E-state index is -3.19. The summed E-state index contributed by atoms with van der Waals surface area (Å²) in [4.78, 5) is 13.3. The van der Waals surface area contributed by atoms with E-state index in [0.717, 1.165) is 5.69 Å². The van der Waals surface area contributed by atoms with Crippen molar-refractivity contribution in [2.75, 3.05) is 24.2 Å². The van der Waals surface area contributed by atoms with Gasteiger partial charge in [-0.3, -0.25) is 4.79 Å². The van der Waals surface area contributed by atoms with Crippen molar-refractivity contribution in [3.8, 4) is 0 Å². The number of carboxylic acids is 1. The lowest BCUT2D eigenvalue weighted by molar-refractivity contribution is -0.142. The van der Waals surface area contributed by atoms with Crippen LogP contribution in [-0.4, -0.2) is 38.8 Å². The monoisotopic (exact) mass is 283 g/mol. The number of anilines is 1. The van der Waals surface area contributed by atoms with Gasteiger partial charge in [0.15, 0.2) is 9.84 Å². The Bertz CT molecular complexity index is 579. The topological polar surface area (TPSA) is 74.7 Å². The number of hydrogen-bond acceptors (Lipinski definition) is 4. The van der Waals surface area contributed by atoms with E-state index in [2.05, 4.69) is 0 Å². The third-order valence-corrected chi connectivity index (χ3v) is 4.69. The fourth-order valence-electron chi connectivity index (χ4n) is 2.40. The van der Waals surface area contributed by atoms with Crippen LogP contribution in [0.4, 0.5) is 5.69 Å². The molecule has 19 heavy (non-hydrogen) atoms. The first-order valence-electron chi connectivity index (χ1n) is 6.07. The van der Waals surface area contributed by atoms with Crippen LogP contribution in [0, 0.1) is 11.8 Å². The lowest BCUT2D eigenvalue weighted by Crippen LogP contribution is -2.23. The molecule has 2 rings (SSSR count). The first-order valence-corrected chi connectivity index (χ1v) is 7.96. The highest BCUT2D eigenvalue weighted by molar-refractivity contribution is 7.90. The number of benzene rings is 1. The molecule has 0 saturated carbocycles. The summed E-state index contributed by atoms with van der Waals surface area (Å²) in [5.41, 5.74) is 0.864. The number of nitrogens with zero attached hydrogens (tertiary/aromatic N) is 1. The van der Waals surface area contributed by atoms with Gasteiger partial charge >= 0.3 is 5.97 Å². The van der Waals surface area contributed by atoms with Crippen molar-refractivity contribution in [1.29, 1.82) is 0 Å². The van der Waals surface area contributed by atoms with Crippen molar-refractivity contribution < 1.29 is 18.3 Å². The minimum absolute atomic E-state index is 0.0899. The summed E-state index contributed by atoms with van der Waals surface area (Å²) >= 11 is 0. The molecule has 1 fully saturated rings. The molecular formula is C13H17NO4S. The molecule has 0 aromatic heterocycles. The van der Waals surface area contributed by atoms with Gasteiger partial charge in [-0.2, -0.15) is 0 Å². The van der Waals surface area contributed by atoms with Crippen LogP contribution >= 0.6 is 0 Å². The maximum atomic E-state index is 11.4. The van der Waals surface area contributed by atoms with Crippen molar-refractivity contribution in [3.05, 3.63) is 24.3 Å². The number of hydrogen-bond donors (Lipinski definition) is 1. The van der Waals surface area contributed by atoms with E-state index >= 15 is 0 Å². The molecule has 0 unspecified atom stereocenters. The summed E-state index contributed by atoms with van der Waals surface area (Å²) in [6.45, 7) is 3.06. The zero-order chi connectivity index (χ0) is 14.2. The van der Waals surface area contributed by atoms with Crippen molar-refractivity contribution in [2.45, 2.75) is 11.8 Å². The highest BCUT2D eigenvalue weighted by Gasteiger charge is 2.34. The van der Waals surface area contributed by atoms with Gasteiger partial charge in [-0.05, 0) is 30.2 Å². The second-order valence-corrected chi connectivity index (χ2v) is 7.11. The fraction of sp³-hybridized carbons (Fsp3) is 0.462. The average molecular weight is 283 g/mol. The molecule has 0 aliphatic carbocycles. The molecule has 1 aliphatic heterocycles. The summed E-state index contributed by atoms with van der Waals surface area (Å²) in [6, 6.07) is 6.58. The van der Waals surface area contributed by atoms with E-state index in [9.17, 15) is 13.2 Å². The van der Waals surface area contributed by atoms with E-state index in [0.29, 0.717) is 13.1 Å². The summed E-state index contributed by atoms with van der Waals surface area (Å²) in [5.74, 6) is -1.05. The maximum Gasteiger partial charge on any atom is 0.308 e. The summed E-state index contributed by atoms with van der Waals surface area (Å²) in [6.07, 6.45) is 1.17. The van der Waals surface area contributed by atoms with Gasteiger partial charge in [-0.15, -0.1) is 0 Å². The van der Waals surface area contributed by atoms with Gasteiger partial charge in [0, 0.05) is 25.0 Å². The molecular weight excluding hydrogens is 266 g/mol. The number of sulfone groups is 1. The van der Waals surface area contributed by atoms with Gasteiger partial charge in [0.2, 0.25) is 0 Å². The molecule has 0 bridgehead atoms. The smallest absolute Gasteiger partial charge is 0.308 e. The number of carboxylic acid groups (broad SMARTS) is 1. The zero-order valence-corrected chi connectivity index (χ0v) is 11.7. The van der Waals surface area contributed by atoms with Gasteiger partial charge in [0.1, 0.15) is 0 Å². The molecule has 2 atom stereocenters. The summed E-state index contributed by atoms with van der Waals surface area (Å²) in [5, 5.41) is 9.09. The quantitative estimate of drug-likeness (QED) is 0.903. The zero-order valence-electron chi connectivity index (χ0n) is 10.9. The minimum Gasteiger partial charge on any atom is -0.481 e.